The Morgan fingerprint density at radius 2 is 1.94 bits per heavy atom. The van der Waals surface area contributed by atoms with Crippen LogP contribution in [0.25, 0.3) is 0 Å². The van der Waals surface area contributed by atoms with Gasteiger partial charge < -0.3 is 9.64 Å². The molecule has 0 spiro atoms. The van der Waals surface area contributed by atoms with Crippen LogP contribution < -0.4 is 5.48 Å². The number of hydrogen-bond acceptors (Lipinski definition) is 4. The van der Waals surface area contributed by atoms with Crippen molar-refractivity contribution in [3.63, 3.8) is 0 Å². The van der Waals surface area contributed by atoms with Crippen molar-refractivity contribution in [1.82, 2.24) is 10.4 Å². The van der Waals surface area contributed by atoms with E-state index in [0.717, 1.165) is 0 Å². The van der Waals surface area contributed by atoms with Crippen LogP contribution in [-0.2, 0) is 14.3 Å². The topological polar surface area (TPSA) is 78.9 Å². The molecule has 0 aliphatic carbocycles. The summed E-state index contributed by atoms with van der Waals surface area (Å²) < 4.78 is 5.20. The van der Waals surface area contributed by atoms with Crippen LogP contribution in [0, 0.1) is 11.8 Å². The van der Waals surface area contributed by atoms with Gasteiger partial charge >= 0.3 is 0 Å². The average Bonchev–Trinajstić information content (AvgIpc) is 2.37. The molecular formula is C12H22N2O4. The molecule has 1 saturated heterocycles. The Balaban J connectivity index is 2.61. The molecular weight excluding hydrogens is 236 g/mol. The highest BCUT2D eigenvalue weighted by molar-refractivity contribution is 5.85. The fourth-order valence-corrected chi connectivity index (χ4v) is 2.15. The average molecular weight is 258 g/mol. The first-order chi connectivity index (χ1) is 8.54. The first-order valence-electron chi connectivity index (χ1n) is 6.34. The molecule has 2 amide bonds. The van der Waals surface area contributed by atoms with Gasteiger partial charge in [0.15, 0.2) is 0 Å². The second-order valence-corrected chi connectivity index (χ2v) is 5.00. The largest absolute Gasteiger partial charge is 0.378 e. The first-order valence-corrected chi connectivity index (χ1v) is 6.34. The Morgan fingerprint density at radius 3 is 2.44 bits per heavy atom. The molecule has 0 aromatic heterocycles. The number of carbonyl (C=O) groups excluding carboxylic acids is 2. The molecule has 2 N–H and O–H groups in total. The van der Waals surface area contributed by atoms with Crippen LogP contribution in [0.5, 0.6) is 0 Å². The Bertz CT molecular complexity index is 288. The molecule has 0 aromatic carbocycles. The van der Waals surface area contributed by atoms with E-state index in [1.54, 1.807) is 10.4 Å². The SMILES string of the molecule is CC(C)CC(CC(=O)NO)C(=O)N1CCOCC1. The van der Waals surface area contributed by atoms with E-state index >= 15 is 0 Å². The molecule has 104 valence electrons. The third kappa shape index (κ3) is 4.62. The molecule has 1 atom stereocenters. The molecule has 1 aliphatic heterocycles. The van der Waals surface area contributed by atoms with E-state index in [0.29, 0.717) is 38.6 Å². The molecule has 0 saturated carbocycles. The third-order valence-electron chi connectivity index (χ3n) is 2.98. The van der Waals surface area contributed by atoms with Gasteiger partial charge in [-0.15, -0.1) is 0 Å². The number of amides is 2. The first kappa shape index (κ1) is 14.9. The predicted molar refractivity (Wildman–Crippen MR) is 64.9 cm³/mol. The smallest absolute Gasteiger partial charge is 0.244 e. The number of morpholine rings is 1. The van der Waals surface area contributed by atoms with Crippen molar-refractivity contribution in [2.24, 2.45) is 11.8 Å². The third-order valence-corrected chi connectivity index (χ3v) is 2.98. The lowest BCUT2D eigenvalue weighted by atomic mass is 9.92. The fraction of sp³-hybridized carbons (Fsp3) is 0.833. The highest BCUT2D eigenvalue weighted by atomic mass is 16.5. The van der Waals surface area contributed by atoms with Gasteiger partial charge in [-0.2, -0.15) is 0 Å². The summed E-state index contributed by atoms with van der Waals surface area (Å²) in [5, 5.41) is 8.57. The summed E-state index contributed by atoms with van der Waals surface area (Å²) in [7, 11) is 0. The van der Waals surface area contributed by atoms with Crippen LogP contribution in [0.15, 0.2) is 0 Å². The van der Waals surface area contributed by atoms with Crippen LogP contribution >= 0.6 is 0 Å². The number of carbonyl (C=O) groups is 2. The van der Waals surface area contributed by atoms with Crippen molar-refractivity contribution in [3.8, 4) is 0 Å². The fourth-order valence-electron chi connectivity index (χ4n) is 2.15. The Kier molecular flexibility index (Phi) is 6.07. The molecule has 1 aliphatic rings. The van der Waals surface area contributed by atoms with Crippen molar-refractivity contribution in [1.29, 1.82) is 0 Å². The summed E-state index contributed by atoms with van der Waals surface area (Å²) in [5.74, 6) is -0.570. The van der Waals surface area contributed by atoms with E-state index in [9.17, 15) is 9.59 Å². The van der Waals surface area contributed by atoms with E-state index in [4.69, 9.17) is 9.94 Å². The summed E-state index contributed by atoms with van der Waals surface area (Å²) >= 11 is 0. The van der Waals surface area contributed by atoms with E-state index in [1.807, 2.05) is 13.8 Å². The highest BCUT2D eigenvalue weighted by Gasteiger charge is 2.28. The van der Waals surface area contributed by atoms with Crippen molar-refractivity contribution in [2.75, 3.05) is 26.3 Å². The van der Waals surface area contributed by atoms with Gasteiger partial charge in [0, 0.05) is 25.4 Å². The lowest BCUT2D eigenvalue weighted by Crippen LogP contribution is -2.45. The van der Waals surface area contributed by atoms with Crippen LogP contribution in [0.2, 0.25) is 0 Å². The number of nitrogens with one attached hydrogen (secondary N) is 1. The second-order valence-electron chi connectivity index (χ2n) is 5.00. The van der Waals surface area contributed by atoms with Gasteiger partial charge in [0.1, 0.15) is 0 Å². The van der Waals surface area contributed by atoms with E-state index in [-0.39, 0.29) is 18.2 Å². The zero-order valence-electron chi connectivity index (χ0n) is 11.0. The molecule has 0 aromatic rings. The number of nitrogens with zero attached hydrogens (tertiary/aromatic N) is 1. The normalized spacial score (nSPS) is 17.7. The number of rotatable bonds is 5. The minimum Gasteiger partial charge on any atom is -0.378 e. The molecule has 6 heteroatoms. The monoisotopic (exact) mass is 258 g/mol. The molecule has 0 bridgehead atoms. The molecule has 1 heterocycles. The maximum atomic E-state index is 12.3. The minimum atomic E-state index is -0.512. The number of hydroxylamine groups is 1. The maximum absolute atomic E-state index is 12.3. The predicted octanol–water partition coefficient (Wildman–Crippen LogP) is 0.403. The maximum Gasteiger partial charge on any atom is 0.244 e. The number of hydrogen-bond donors (Lipinski definition) is 2. The Hall–Kier alpha value is -1.14. The van der Waals surface area contributed by atoms with Crippen LogP contribution in [0.4, 0.5) is 0 Å². The highest BCUT2D eigenvalue weighted by Crippen LogP contribution is 2.19. The summed E-state index contributed by atoms with van der Waals surface area (Å²) in [6.45, 7) is 6.27. The van der Waals surface area contributed by atoms with Crippen molar-refractivity contribution < 1.29 is 19.5 Å². The Morgan fingerprint density at radius 1 is 1.33 bits per heavy atom. The molecule has 1 fully saturated rings. The Labute approximate surface area is 107 Å². The second kappa shape index (κ2) is 7.33. The standard InChI is InChI=1S/C12H22N2O4/c1-9(2)7-10(8-11(15)13-17)12(16)14-3-5-18-6-4-14/h9-10,17H,3-8H2,1-2H3,(H,13,15). The van der Waals surface area contributed by atoms with Gasteiger partial charge in [-0.3, -0.25) is 14.8 Å². The summed E-state index contributed by atoms with van der Waals surface area (Å²) in [6, 6.07) is 0. The van der Waals surface area contributed by atoms with Crippen LogP contribution in [-0.4, -0.2) is 48.2 Å². The van der Waals surface area contributed by atoms with Crippen molar-refractivity contribution in [3.05, 3.63) is 0 Å². The molecule has 1 rings (SSSR count). The van der Waals surface area contributed by atoms with Gasteiger partial charge in [0.05, 0.1) is 13.2 Å². The lowest BCUT2D eigenvalue weighted by molar-refractivity contribution is -0.144. The van der Waals surface area contributed by atoms with Gasteiger partial charge in [-0.25, -0.2) is 5.48 Å². The van der Waals surface area contributed by atoms with Crippen molar-refractivity contribution >= 4 is 11.8 Å². The lowest BCUT2D eigenvalue weighted by Gasteiger charge is -2.30. The zero-order chi connectivity index (χ0) is 13.5. The molecule has 6 nitrogen and oxygen atoms in total. The summed E-state index contributed by atoms with van der Waals surface area (Å²) in [6.07, 6.45) is 0.675. The molecule has 18 heavy (non-hydrogen) atoms. The molecule has 1 unspecified atom stereocenters. The van der Waals surface area contributed by atoms with Gasteiger partial charge in [-0.05, 0) is 12.3 Å². The van der Waals surface area contributed by atoms with E-state index in [1.165, 1.54) is 0 Å². The van der Waals surface area contributed by atoms with E-state index in [2.05, 4.69) is 0 Å². The zero-order valence-corrected chi connectivity index (χ0v) is 11.0. The summed E-state index contributed by atoms with van der Waals surface area (Å²) in [4.78, 5) is 25.3. The van der Waals surface area contributed by atoms with Gasteiger partial charge in [-0.1, -0.05) is 13.8 Å². The van der Waals surface area contributed by atoms with Crippen molar-refractivity contribution in [2.45, 2.75) is 26.7 Å². The van der Waals surface area contributed by atoms with E-state index < -0.39 is 5.91 Å². The van der Waals surface area contributed by atoms with Crippen LogP contribution in [0.1, 0.15) is 26.7 Å². The molecule has 0 radical (unpaired) electrons. The quantitative estimate of drug-likeness (QED) is 0.553. The minimum absolute atomic E-state index is 0.0180. The number of ether oxygens (including phenoxy) is 1. The van der Waals surface area contributed by atoms with Gasteiger partial charge in [0.2, 0.25) is 11.8 Å². The van der Waals surface area contributed by atoms with Crippen LogP contribution in [0.3, 0.4) is 0 Å². The summed E-state index contributed by atoms with van der Waals surface area (Å²) in [5.41, 5.74) is 1.59. The van der Waals surface area contributed by atoms with Gasteiger partial charge in [0.25, 0.3) is 0 Å².